The van der Waals surface area contributed by atoms with E-state index >= 15 is 0 Å². The maximum Gasteiger partial charge on any atom is 0.308 e. The molecule has 2 heterocycles. The van der Waals surface area contributed by atoms with Gasteiger partial charge in [0.05, 0.1) is 6.54 Å². The molecule has 0 saturated carbocycles. The summed E-state index contributed by atoms with van der Waals surface area (Å²) in [5.74, 6) is -2.20. The highest BCUT2D eigenvalue weighted by Crippen LogP contribution is 2.38. The zero-order chi connectivity index (χ0) is 15.9. The Kier molecular flexibility index (Phi) is 3.79. The Morgan fingerprint density at radius 2 is 1.95 bits per heavy atom. The summed E-state index contributed by atoms with van der Waals surface area (Å²) in [6, 6.07) is 2.54. The fraction of sp³-hybridized carbons (Fsp3) is 0.462. The van der Waals surface area contributed by atoms with Crippen LogP contribution in [0.5, 0.6) is 5.75 Å². The Labute approximate surface area is 127 Å². The summed E-state index contributed by atoms with van der Waals surface area (Å²) in [6.07, 6.45) is 1.61. The van der Waals surface area contributed by atoms with E-state index in [1.54, 1.807) is 0 Å². The lowest BCUT2D eigenvalue weighted by atomic mass is 9.90. The number of aromatic hydroxyl groups is 1. The Bertz CT molecular complexity index is 693. The zero-order valence-electron chi connectivity index (χ0n) is 11.7. The first-order chi connectivity index (χ1) is 10.4. The fourth-order valence-corrected chi connectivity index (χ4v) is 4.05. The van der Waals surface area contributed by atoms with Crippen molar-refractivity contribution in [3.05, 3.63) is 23.5 Å². The van der Waals surface area contributed by atoms with Gasteiger partial charge in [0.1, 0.15) is 11.4 Å². The topological polar surface area (TPSA) is 98.7 Å². The molecule has 0 radical (unpaired) electrons. The van der Waals surface area contributed by atoms with Crippen LogP contribution in [0, 0.1) is 5.82 Å². The predicted octanol–water partition coefficient (Wildman–Crippen LogP) is 0.179. The summed E-state index contributed by atoms with van der Waals surface area (Å²) in [5, 5.41) is 13.3. The molecular formula is C13H16FN3O4S. The predicted molar refractivity (Wildman–Crippen MR) is 77.3 cm³/mol. The van der Waals surface area contributed by atoms with Crippen molar-refractivity contribution in [2.75, 3.05) is 23.9 Å². The van der Waals surface area contributed by atoms with Crippen molar-refractivity contribution < 1.29 is 22.7 Å². The second-order valence-electron chi connectivity index (χ2n) is 5.38. The van der Waals surface area contributed by atoms with E-state index in [0.29, 0.717) is 5.56 Å². The first-order valence-corrected chi connectivity index (χ1v) is 8.40. The summed E-state index contributed by atoms with van der Waals surface area (Å²) >= 11 is 0. The van der Waals surface area contributed by atoms with Crippen LogP contribution in [0.1, 0.15) is 24.3 Å². The highest BCUT2D eigenvalue weighted by atomic mass is 32.2. The van der Waals surface area contributed by atoms with Crippen molar-refractivity contribution in [3.8, 4) is 5.75 Å². The second kappa shape index (κ2) is 5.49. The summed E-state index contributed by atoms with van der Waals surface area (Å²) in [6.45, 7) is 1.16. The van der Waals surface area contributed by atoms with Gasteiger partial charge in [-0.25, -0.2) is 4.39 Å². The van der Waals surface area contributed by atoms with Gasteiger partial charge < -0.3 is 10.4 Å². The van der Waals surface area contributed by atoms with E-state index in [1.165, 1.54) is 12.1 Å². The van der Waals surface area contributed by atoms with Crippen LogP contribution in [0.25, 0.3) is 0 Å². The molecule has 2 saturated heterocycles. The monoisotopic (exact) mass is 329 g/mol. The molecule has 1 amide bonds. The average molecular weight is 329 g/mol. The van der Waals surface area contributed by atoms with E-state index in [2.05, 4.69) is 5.32 Å². The summed E-state index contributed by atoms with van der Waals surface area (Å²) in [4.78, 5) is 11.7. The van der Waals surface area contributed by atoms with Crippen molar-refractivity contribution in [1.82, 2.24) is 10.0 Å². The molecule has 2 aliphatic rings. The van der Waals surface area contributed by atoms with Gasteiger partial charge in [0.15, 0.2) is 5.82 Å². The Balaban J connectivity index is 2.01. The molecule has 2 fully saturated rings. The van der Waals surface area contributed by atoms with Gasteiger partial charge in [0, 0.05) is 0 Å². The quantitative estimate of drug-likeness (QED) is 0.719. The lowest BCUT2D eigenvalue weighted by molar-refractivity contribution is -0.115. The lowest BCUT2D eigenvalue weighted by Gasteiger charge is -2.24. The van der Waals surface area contributed by atoms with Gasteiger partial charge in [-0.1, -0.05) is 0 Å². The maximum absolute atomic E-state index is 14.4. The average Bonchev–Trinajstić information content (AvgIpc) is 2.74. The minimum absolute atomic E-state index is 0.0970. The van der Waals surface area contributed by atoms with Crippen LogP contribution in [0.15, 0.2) is 12.1 Å². The second-order valence-corrected chi connectivity index (χ2v) is 6.98. The van der Waals surface area contributed by atoms with Gasteiger partial charge in [0.25, 0.3) is 5.91 Å². The minimum atomic E-state index is -4.15. The molecule has 1 aromatic carbocycles. The number of carbonyl (C=O) groups excluding carboxylic acids is 1. The largest absolute Gasteiger partial charge is 0.506 e. The number of piperidine rings is 1. The number of phenols is 1. The number of hydrogen-bond donors (Lipinski definition) is 3. The van der Waals surface area contributed by atoms with Crippen LogP contribution in [-0.4, -0.2) is 39.1 Å². The zero-order valence-corrected chi connectivity index (χ0v) is 12.5. The number of benzene rings is 1. The lowest BCUT2D eigenvalue weighted by Crippen LogP contribution is -2.32. The van der Waals surface area contributed by atoms with Gasteiger partial charge in [-0.05, 0) is 49.5 Å². The van der Waals surface area contributed by atoms with E-state index in [4.69, 9.17) is 0 Å². The number of amides is 1. The van der Waals surface area contributed by atoms with Crippen molar-refractivity contribution in [3.63, 3.8) is 0 Å². The van der Waals surface area contributed by atoms with Crippen molar-refractivity contribution in [2.24, 2.45) is 0 Å². The van der Waals surface area contributed by atoms with Crippen molar-refractivity contribution >= 4 is 21.8 Å². The molecule has 7 nitrogen and oxygen atoms in total. The fourth-order valence-electron chi connectivity index (χ4n) is 2.87. The third-order valence-electron chi connectivity index (χ3n) is 3.95. The van der Waals surface area contributed by atoms with Crippen molar-refractivity contribution in [1.29, 1.82) is 0 Å². The number of carbonyl (C=O) groups is 1. The standard InChI is InChI=1S/C13H16FN3O4S/c14-10-5-9(8-1-3-15-4-2-8)6-11(18)13(10)17-12(19)7-16-22(17,20)21/h5-6,8,15-16,18H,1-4,7H2. The van der Waals surface area contributed by atoms with Gasteiger partial charge in [-0.2, -0.15) is 17.4 Å². The molecule has 3 rings (SSSR count). The van der Waals surface area contributed by atoms with E-state index in [-0.39, 0.29) is 10.2 Å². The molecular weight excluding hydrogens is 313 g/mol. The summed E-state index contributed by atoms with van der Waals surface area (Å²) in [7, 11) is -4.15. The molecule has 9 heteroatoms. The number of anilines is 1. The Hall–Kier alpha value is -1.71. The number of halogens is 1. The van der Waals surface area contributed by atoms with Crippen LogP contribution in [0.3, 0.4) is 0 Å². The normalized spacial score (nSPS) is 22.2. The van der Waals surface area contributed by atoms with Crippen LogP contribution in [-0.2, 0) is 15.0 Å². The minimum Gasteiger partial charge on any atom is -0.506 e. The van der Waals surface area contributed by atoms with Gasteiger partial charge in [-0.3, -0.25) is 4.79 Å². The van der Waals surface area contributed by atoms with Crippen LogP contribution < -0.4 is 14.3 Å². The van der Waals surface area contributed by atoms with Crippen LogP contribution in [0.4, 0.5) is 10.1 Å². The number of nitrogens with one attached hydrogen (secondary N) is 2. The first-order valence-electron chi connectivity index (χ1n) is 6.96. The number of hydrogen-bond acceptors (Lipinski definition) is 5. The molecule has 0 aromatic heterocycles. The SMILES string of the molecule is O=C1CNS(=O)(=O)N1c1c(O)cc(C2CCNCC2)cc1F. The third-order valence-corrected chi connectivity index (χ3v) is 5.33. The summed E-state index contributed by atoms with van der Waals surface area (Å²) in [5.41, 5.74) is -0.00932. The van der Waals surface area contributed by atoms with Crippen LogP contribution >= 0.6 is 0 Å². The highest BCUT2D eigenvalue weighted by molar-refractivity contribution is 7.92. The first kappa shape index (κ1) is 15.2. The molecule has 2 aliphatic heterocycles. The Morgan fingerprint density at radius 3 is 2.50 bits per heavy atom. The summed E-state index contributed by atoms with van der Waals surface area (Å²) < 4.78 is 40.2. The smallest absolute Gasteiger partial charge is 0.308 e. The molecule has 0 bridgehead atoms. The number of rotatable bonds is 2. The van der Waals surface area contributed by atoms with E-state index in [9.17, 15) is 22.7 Å². The van der Waals surface area contributed by atoms with Gasteiger partial charge in [0.2, 0.25) is 0 Å². The molecule has 120 valence electrons. The van der Waals surface area contributed by atoms with E-state index < -0.39 is 39.9 Å². The molecule has 3 N–H and O–H groups in total. The maximum atomic E-state index is 14.4. The van der Waals surface area contributed by atoms with Gasteiger partial charge in [-0.15, -0.1) is 0 Å². The van der Waals surface area contributed by atoms with E-state index in [1.807, 2.05) is 4.72 Å². The third kappa shape index (κ3) is 2.55. The molecule has 0 atom stereocenters. The van der Waals surface area contributed by atoms with Crippen molar-refractivity contribution in [2.45, 2.75) is 18.8 Å². The molecule has 1 aromatic rings. The molecule has 22 heavy (non-hydrogen) atoms. The molecule has 0 aliphatic carbocycles. The number of nitrogens with zero attached hydrogens (tertiary/aromatic N) is 1. The molecule has 0 unspecified atom stereocenters. The highest BCUT2D eigenvalue weighted by Gasteiger charge is 2.39. The van der Waals surface area contributed by atoms with Crippen LogP contribution in [0.2, 0.25) is 0 Å². The number of phenolic OH excluding ortho intramolecular Hbond substituents is 1. The van der Waals surface area contributed by atoms with E-state index in [0.717, 1.165) is 25.9 Å². The van der Waals surface area contributed by atoms with Gasteiger partial charge >= 0.3 is 10.2 Å². The molecule has 0 spiro atoms. The Morgan fingerprint density at radius 1 is 1.27 bits per heavy atom.